The number of rotatable bonds is 5. The lowest BCUT2D eigenvalue weighted by Crippen LogP contribution is -2.25. The molecular formula is C12H16BrN5O2S. The fourth-order valence-corrected chi connectivity index (χ4v) is 3.57. The van der Waals surface area contributed by atoms with E-state index in [1.165, 1.54) is 6.07 Å². The van der Waals surface area contributed by atoms with Gasteiger partial charge < -0.3 is 10.3 Å². The van der Waals surface area contributed by atoms with E-state index in [0.29, 0.717) is 28.1 Å². The number of sulfonamides is 1. The van der Waals surface area contributed by atoms with Crippen LogP contribution in [0.1, 0.15) is 18.3 Å². The summed E-state index contributed by atoms with van der Waals surface area (Å²) in [6.07, 6.45) is 1.56. The third-order valence-electron chi connectivity index (χ3n) is 3.04. The van der Waals surface area contributed by atoms with Crippen molar-refractivity contribution in [2.24, 2.45) is 0 Å². The molecule has 7 nitrogen and oxygen atoms in total. The lowest BCUT2D eigenvalue weighted by Gasteiger charge is -2.11. The maximum Gasteiger partial charge on any atom is 0.241 e. The van der Waals surface area contributed by atoms with Gasteiger partial charge in [0.25, 0.3) is 0 Å². The average molecular weight is 374 g/mol. The van der Waals surface area contributed by atoms with Gasteiger partial charge in [-0.1, -0.05) is 0 Å². The fraction of sp³-hybridized carbons (Fsp3) is 0.333. The number of nitrogens with zero attached hydrogens (tertiary/aromatic N) is 3. The van der Waals surface area contributed by atoms with Crippen LogP contribution in [0.15, 0.2) is 27.8 Å². The Kier molecular flexibility index (Phi) is 4.64. The maximum absolute atomic E-state index is 12.4. The average Bonchev–Trinajstić information content (AvgIpc) is 2.88. The first-order chi connectivity index (χ1) is 9.85. The molecule has 0 fully saturated rings. The summed E-state index contributed by atoms with van der Waals surface area (Å²) >= 11 is 3.27. The molecule has 1 heterocycles. The van der Waals surface area contributed by atoms with Gasteiger partial charge in [0.2, 0.25) is 10.0 Å². The standard InChI is InChI=1S/C12H16BrN5O2S/c1-3-18-7-15-17-12(18)6-16-21(19,20)11-5-10(14)9(13)4-8(11)2/h4-5,7,16H,3,6,14H2,1-2H3. The van der Waals surface area contributed by atoms with Crippen molar-refractivity contribution in [3.05, 3.63) is 34.3 Å². The van der Waals surface area contributed by atoms with E-state index in [4.69, 9.17) is 5.73 Å². The van der Waals surface area contributed by atoms with Crippen LogP contribution in [-0.2, 0) is 23.1 Å². The van der Waals surface area contributed by atoms with E-state index < -0.39 is 10.0 Å². The van der Waals surface area contributed by atoms with Crippen LogP contribution in [0.3, 0.4) is 0 Å². The number of nitrogens with one attached hydrogen (secondary N) is 1. The number of aromatic nitrogens is 3. The molecule has 0 saturated heterocycles. The number of anilines is 1. The highest BCUT2D eigenvalue weighted by Gasteiger charge is 2.19. The van der Waals surface area contributed by atoms with E-state index in [0.717, 1.165) is 0 Å². The lowest BCUT2D eigenvalue weighted by molar-refractivity contribution is 0.574. The summed E-state index contributed by atoms with van der Waals surface area (Å²) in [4.78, 5) is 0.158. The summed E-state index contributed by atoms with van der Waals surface area (Å²) in [5.74, 6) is 0.559. The van der Waals surface area contributed by atoms with E-state index in [1.807, 2.05) is 6.92 Å². The van der Waals surface area contributed by atoms with Crippen molar-refractivity contribution in [3.8, 4) is 0 Å². The van der Waals surface area contributed by atoms with E-state index >= 15 is 0 Å². The number of aryl methyl sites for hydroxylation is 2. The number of halogens is 1. The SMILES string of the molecule is CCn1cnnc1CNS(=O)(=O)c1cc(N)c(Br)cc1C. The Balaban J connectivity index is 2.25. The highest BCUT2D eigenvalue weighted by Crippen LogP contribution is 2.26. The molecule has 1 aromatic heterocycles. The Morgan fingerprint density at radius 2 is 2.14 bits per heavy atom. The van der Waals surface area contributed by atoms with Crippen molar-refractivity contribution in [3.63, 3.8) is 0 Å². The highest BCUT2D eigenvalue weighted by atomic mass is 79.9. The summed E-state index contributed by atoms with van der Waals surface area (Å²) in [7, 11) is -3.66. The first kappa shape index (κ1) is 15.9. The molecule has 0 bridgehead atoms. The van der Waals surface area contributed by atoms with Crippen LogP contribution in [0.2, 0.25) is 0 Å². The van der Waals surface area contributed by atoms with E-state index in [2.05, 4.69) is 30.8 Å². The summed E-state index contributed by atoms with van der Waals surface area (Å²) in [5, 5.41) is 7.65. The number of hydrogen-bond donors (Lipinski definition) is 2. The molecule has 0 aliphatic rings. The second-order valence-corrected chi connectivity index (χ2v) is 7.09. The van der Waals surface area contributed by atoms with E-state index in [1.54, 1.807) is 23.9 Å². The Bertz CT molecular complexity index is 757. The Hall–Kier alpha value is -1.45. The summed E-state index contributed by atoms with van der Waals surface area (Å²) < 4.78 is 29.7. The molecule has 0 aliphatic heterocycles. The summed E-state index contributed by atoms with van der Waals surface area (Å²) in [6.45, 7) is 4.40. The predicted molar refractivity (Wildman–Crippen MR) is 83.0 cm³/mol. The third-order valence-corrected chi connectivity index (χ3v) is 5.27. The first-order valence-corrected chi connectivity index (χ1v) is 8.54. The first-order valence-electron chi connectivity index (χ1n) is 6.27. The molecule has 21 heavy (non-hydrogen) atoms. The number of nitrogens with two attached hydrogens (primary N) is 1. The zero-order valence-corrected chi connectivity index (χ0v) is 14.1. The molecule has 1 aromatic carbocycles. The topological polar surface area (TPSA) is 103 Å². The van der Waals surface area contributed by atoms with E-state index in [9.17, 15) is 8.42 Å². The predicted octanol–water partition coefficient (Wildman–Crippen LogP) is 1.43. The zero-order valence-electron chi connectivity index (χ0n) is 11.7. The van der Waals surface area contributed by atoms with Gasteiger partial charge in [0.05, 0.1) is 11.4 Å². The molecule has 0 amide bonds. The second-order valence-electron chi connectivity index (χ2n) is 4.50. The summed E-state index contributed by atoms with van der Waals surface area (Å²) in [5.41, 5.74) is 6.74. The number of hydrogen-bond acceptors (Lipinski definition) is 5. The smallest absolute Gasteiger partial charge is 0.241 e. The normalized spacial score (nSPS) is 11.8. The largest absolute Gasteiger partial charge is 0.398 e. The van der Waals surface area contributed by atoms with Crippen LogP contribution in [0.25, 0.3) is 0 Å². The molecular weight excluding hydrogens is 358 g/mol. The van der Waals surface area contributed by atoms with Crippen LogP contribution in [0, 0.1) is 6.92 Å². The minimum atomic E-state index is -3.66. The van der Waals surface area contributed by atoms with Gasteiger partial charge in [-0.15, -0.1) is 10.2 Å². The van der Waals surface area contributed by atoms with Crippen molar-refractivity contribution in [1.82, 2.24) is 19.5 Å². The van der Waals surface area contributed by atoms with Gasteiger partial charge in [-0.2, -0.15) is 0 Å². The second kappa shape index (κ2) is 6.12. The molecule has 9 heteroatoms. The van der Waals surface area contributed by atoms with Crippen molar-refractivity contribution in [2.45, 2.75) is 31.8 Å². The van der Waals surface area contributed by atoms with Gasteiger partial charge in [-0.25, -0.2) is 13.1 Å². The lowest BCUT2D eigenvalue weighted by atomic mass is 10.2. The number of benzene rings is 1. The van der Waals surface area contributed by atoms with Gasteiger partial charge in [0.15, 0.2) is 0 Å². The van der Waals surface area contributed by atoms with Crippen molar-refractivity contribution >= 4 is 31.6 Å². The van der Waals surface area contributed by atoms with Crippen LogP contribution in [0.4, 0.5) is 5.69 Å². The van der Waals surface area contributed by atoms with Gasteiger partial charge in [-0.3, -0.25) is 0 Å². The fourth-order valence-electron chi connectivity index (χ4n) is 1.88. The molecule has 3 N–H and O–H groups in total. The highest BCUT2D eigenvalue weighted by molar-refractivity contribution is 9.10. The van der Waals surface area contributed by atoms with Crippen molar-refractivity contribution in [2.75, 3.05) is 5.73 Å². The molecule has 0 aliphatic carbocycles. The molecule has 2 aromatic rings. The molecule has 0 radical (unpaired) electrons. The molecule has 2 rings (SSSR count). The van der Waals surface area contributed by atoms with E-state index in [-0.39, 0.29) is 11.4 Å². The zero-order chi connectivity index (χ0) is 15.6. The van der Waals surface area contributed by atoms with Crippen LogP contribution in [0.5, 0.6) is 0 Å². The number of nitrogen functional groups attached to an aromatic ring is 1. The summed E-state index contributed by atoms with van der Waals surface area (Å²) in [6, 6.07) is 3.12. The monoisotopic (exact) mass is 373 g/mol. The molecule has 0 unspecified atom stereocenters. The molecule has 0 saturated carbocycles. The quantitative estimate of drug-likeness (QED) is 0.771. The van der Waals surface area contributed by atoms with Gasteiger partial charge in [0, 0.05) is 16.7 Å². The maximum atomic E-state index is 12.4. The molecule has 114 valence electrons. The van der Waals surface area contributed by atoms with Crippen LogP contribution in [-0.4, -0.2) is 23.2 Å². The van der Waals surface area contributed by atoms with Gasteiger partial charge in [-0.05, 0) is 47.5 Å². The van der Waals surface area contributed by atoms with Gasteiger partial charge >= 0.3 is 0 Å². The molecule has 0 spiro atoms. The van der Waals surface area contributed by atoms with Crippen LogP contribution >= 0.6 is 15.9 Å². The third kappa shape index (κ3) is 3.42. The van der Waals surface area contributed by atoms with Gasteiger partial charge in [0.1, 0.15) is 12.2 Å². The Morgan fingerprint density at radius 3 is 2.81 bits per heavy atom. The minimum absolute atomic E-state index is 0.0750. The van der Waals surface area contributed by atoms with Crippen molar-refractivity contribution in [1.29, 1.82) is 0 Å². The Morgan fingerprint density at radius 1 is 1.43 bits per heavy atom. The minimum Gasteiger partial charge on any atom is -0.398 e. The van der Waals surface area contributed by atoms with Crippen molar-refractivity contribution < 1.29 is 8.42 Å². The van der Waals surface area contributed by atoms with Crippen LogP contribution < -0.4 is 10.5 Å². The molecule has 0 atom stereocenters. The Labute approximate surface area is 131 Å².